The molecule has 0 aromatic carbocycles. The minimum Gasteiger partial charge on any atom is -0.327 e. The zero-order valence-corrected chi connectivity index (χ0v) is 10.8. The molecule has 0 bridgehead atoms. The van der Waals surface area contributed by atoms with Crippen LogP contribution in [0.1, 0.15) is 46.1 Å². The molecule has 5 heteroatoms. The van der Waals surface area contributed by atoms with Crippen LogP contribution >= 0.6 is 0 Å². The van der Waals surface area contributed by atoms with Crippen LogP contribution in [0.4, 0.5) is 5.69 Å². The first-order chi connectivity index (χ1) is 8.02. The number of aromatic nitrogens is 2. The van der Waals surface area contributed by atoms with Crippen molar-refractivity contribution in [3.05, 3.63) is 12.4 Å². The molecule has 0 saturated heterocycles. The average Bonchev–Trinajstić information content (AvgIpc) is 2.66. The van der Waals surface area contributed by atoms with Gasteiger partial charge in [0.25, 0.3) is 0 Å². The fourth-order valence-corrected chi connectivity index (χ4v) is 1.61. The number of carbonyl (C=O) groups is 1. The van der Waals surface area contributed by atoms with Gasteiger partial charge in [0.15, 0.2) is 0 Å². The number of hydrogen-bond acceptors (Lipinski definition) is 3. The summed E-state index contributed by atoms with van der Waals surface area (Å²) in [5, 5.41) is 6.96. The van der Waals surface area contributed by atoms with Crippen LogP contribution in [0.5, 0.6) is 0 Å². The van der Waals surface area contributed by atoms with Crippen molar-refractivity contribution < 1.29 is 4.79 Å². The van der Waals surface area contributed by atoms with E-state index in [1.807, 2.05) is 24.7 Å². The van der Waals surface area contributed by atoms with Gasteiger partial charge in [0.05, 0.1) is 11.9 Å². The minimum absolute atomic E-state index is 0.0470. The van der Waals surface area contributed by atoms with Crippen molar-refractivity contribution >= 4 is 11.6 Å². The van der Waals surface area contributed by atoms with E-state index in [0.717, 1.165) is 18.5 Å². The summed E-state index contributed by atoms with van der Waals surface area (Å²) < 4.78 is 1.81. The van der Waals surface area contributed by atoms with Crippen LogP contribution in [0.15, 0.2) is 12.4 Å². The van der Waals surface area contributed by atoms with Gasteiger partial charge < -0.3 is 11.1 Å². The van der Waals surface area contributed by atoms with E-state index in [1.165, 1.54) is 0 Å². The lowest BCUT2D eigenvalue weighted by Gasteiger charge is -2.09. The summed E-state index contributed by atoms with van der Waals surface area (Å²) in [7, 11) is 0. The molecule has 1 atom stereocenters. The van der Waals surface area contributed by atoms with Gasteiger partial charge in [0, 0.05) is 24.7 Å². The third kappa shape index (κ3) is 4.56. The SMILES string of the molecule is CCCC(N)CC(=O)Nc1cnn(C(C)C)c1. The van der Waals surface area contributed by atoms with E-state index in [1.54, 1.807) is 6.20 Å². The van der Waals surface area contributed by atoms with Gasteiger partial charge in [-0.05, 0) is 20.3 Å². The Labute approximate surface area is 102 Å². The van der Waals surface area contributed by atoms with Crippen LogP contribution in [0.2, 0.25) is 0 Å². The van der Waals surface area contributed by atoms with E-state index in [-0.39, 0.29) is 11.9 Å². The normalized spacial score (nSPS) is 12.8. The van der Waals surface area contributed by atoms with E-state index in [2.05, 4.69) is 17.3 Å². The molecule has 0 aliphatic heterocycles. The number of amides is 1. The largest absolute Gasteiger partial charge is 0.327 e. The van der Waals surface area contributed by atoms with Crippen LogP contribution in [0.25, 0.3) is 0 Å². The monoisotopic (exact) mass is 238 g/mol. The molecule has 1 aromatic heterocycles. The first-order valence-electron chi connectivity index (χ1n) is 6.12. The molecular formula is C12H22N4O. The maximum atomic E-state index is 11.6. The van der Waals surface area contributed by atoms with Gasteiger partial charge in [-0.2, -0.15) is 5.10 Å². The third-order valence-electron chi connectivity index (χ3n) is 2.52. The highest BCUT2D eigenvalue weighted by molar-refractivity contribution is 5.90. The molecule has 1 amide bonds. The molecule has 0 spiro atoms. The van der Waals surface area contributed by atoms with Crippen LogP contribution in [0, 0.1) is 0 Å². The molecular weight excluding hydrogens is 216 g/mol. The summed E-state index contributed by atoms with van der Waals surface area (Å²) in [5.41, 5.74) is 6.54. The smallest absolute Gasteiger partial charge is 0.226 e. The number of carbonyl (C=O) groups excluding carboxylic acids is 1. The van der Waals surface area contributed by atoms with Crippen molar-refractivity contribution in [3.63, 3.8) is 0 Å². The van der Waals surface area contributed by atoms with Gasteiger partial charge >= 0.3 is 0 Å². The van der Waals surface area contributed by atoms with E-state index < -0.39 is 0 Å². The molecule has 17 heavy (non-hydrogen) atoms. The lowest BCUT2D eigenvalue weighted by atomic mass is 10.1. The van der Waals surface area contributed by atoms with Gasteiger partial charge in [-0.15, -0.1) is 0 Å². The molecule has 0 aliphatic rings. The van der Waals surface area contributed by atoms with Crippen molar-refractivity contribution in [2.24, 2.45) is 5.73 Å². The number of rotatable bonds is 6. The molecule has 3 N–H and O–H groups in total. The first-order valence-corrected chi connectivity index (χ1v) is 6.12. The number of nitrogens with two attached hydrogens (primary N) is 1. The topological polar surface area (TPSA) is 72.9 Å². The van der Waals surface area contributed by atoms with Gasteiger partial charge in [-0.1, -0.05) is 13.3 Å². The molecule has 0 radical (unpaired) electrons. The second-order valence-electron chi connectivity index (χ2n) is 4.60. The Bertz CT molecular complexity index is 359. The van der Waals surface area contributed by atoms with Gasteiger partial charge in [0.2, 0.25) is 5.91 Å². The molecule has 96 valence electrons. The molecule has 0 fully saturated rings. The van der Waals surface area contributed by atoms with Gasteiger partial charge in [0.1, 0.15) is 0 Å². The Morgan fingerprint density at radius 1 is 1.59 bits per heavy atom. The van der Waals surface area contributed by atoms with E-state index in [4.69, 9.17) is 5.73 Å². The highest BCUT2D eigenvalue weighted by Gasteiger charge is 2.10. The summed E-state index contributed by atoms with van der Waals surface area (Å²) in [6.07, 6.45) is 5.72. The summed E-state index contributed by atoms with van der Waals surface area (Å²) in [5.74, 6) is -0.0470. The highest BCUT2D eigenvalue weighted by Crippen LogP contribution is 2.10. The summed E-state index contributed by atoms with van der Waals surface area (Å²) >= 11 is 0. The summed E-state index contributed by atoms with van der Waals surface area (Å²) in [6.45, 7) is 6.13. The molecule has 1 heterocycles. The van der Waals surface area contributed by atoms with Crippen LogP contribution in [0.3, 0.4) is 0 Å². The van der Waals surface area contributed by atoms with E-state index in [0.29, 0.717) is 12.5 Å². The number of nitrogens with one attached hydrogen (secondary N) is 1. The van der Waals surface area contributed by atoms with Crippen molar-refractivity contribution in [3.8, 4) is 0 Å². The van der Waals surface area contributed by atoms with Gasteiger partial charge in [-0.25, -0.2) is 0 Å². The van der Waals surface area contributed by atoms with Gasteiger partial charge in [-0.3, -0.25) is 9.48 Å². The predicted molar refractivity (Wildman–Crippen MR) is 68.7 cm³/mol. The van der Waals surface area contributed by atoms with Crippen molar-refractivity contribution in [2.45, 2.75) is 52.1 Å². The fourth-order valence-electron chi connectivity index (χ4n) is 1.61. The van der Waals surface area contributed by atoms with Crippen LogP contribution < -0.4 is 11.1 Å². The number of anilines is 1. The Balaban J connectivity index is 2.44. The van der Waals surface area contributed by atoms with Crippen molar-refractivity contribution in [1.29, 1.82) is 0 Å². The summed E-state index contributed by atoms with van der Waals surface area (Å²) in [6, 6.07) is 0.239. The molecule has 5 nitrogen and oxygen atoms in total. The van der Waals surface area contributed by atoms with Crippen molar-refractivity contribution in [1.82, 2.24) is 9.78 Å². The van der Waals surface area contributed by atoms with E-state index in [9.17, 15) is 4.79 Å². The Morgan fingerprint density at radius 3 is 2.82 bits per heavy atom. The second-order valence-corrected chi connectivity index (χ2v) is 4.60. The maximum absolute atomic E-state index is 11.6. The standard InChI is InChI=1S/C12H22N4O/c1-4-5-10(13)6-12(17)15-11-7-14-16(8-11)9(2)3/h7-10H,4-6,13H2,1-3H3,(H,15,17). The average molecular weight is 238 g/mol. The molecule has 1 rings (SSSR count). The zero-order valence-electron chi connectivity index (χ0n) is 10.8. The third-order valence-corrected chi connectivity index (χ3v) is 2.52. The predicted octanol–water partition coefficient (Wildman–Crippen LogP) is 1.92. The van der Waals surface area contributed by atoms with Crippen molar-refractivity contribution in [2.75, 3.05) is 5.32 Å². The maximum Gasteiger partial charge on any atom is 0.226 e. The molecule has 0 saturated carbocycles. The minimum atomic E-state index is -0.0554. The van der Waals surface area contributed by atoms with Crippen LogP contribution in [-0.2, 0) is 4.79 Å². The fraction of sp³-hybridized carbons (Fsp3) is 0.667. The van der Waals surface area contributed by atoms with Crippen LogP contribution in [-0.4, -0.2) is 21.7 Å². The Morgan fingerprint density at radius 2 is 2.29 bits per heavy atom. The highest BCUT2D eigenvalue weighted by atomic mass is 16.1. The Hall–Kier alpha value is -1.36. The quantitative estimate of drug-likeness (QED) is 0.795. The number of nitrogens with zero attached hydrogens (tertiary/aromatic N) is 2. The zero-order chi connectivity index (χ0) is 12.8. The second kappa shape index (κ2) is 6.39. The lowest BCUT2D eigenvalue weighted by molar-refractivity contribution is -0.116. The van der Waals surface area contributed by atoms with E-state index >= 15 is 0 Å². The molecule has 1 aromatic rings. The lowest BCUT2D eigenvalue weighted by Crippen LogP contribution is -2.26. The Kier molecular flexibility index (Phi) is 5.15. The molecule has 1 unspecified atom stereocenters. The molecule has 0 aliphatic carbocycles. The first kappa shape index (κ1) is 13.7. The summed E-state index contributed by atoms with van der Waals surface area (Å²) in [4.78, 5) is 11.6. The number of hydrogen-bond donors (Lipinski definition) is 2.